The highest BCUT2D eigenvalue weighted by atomic mass is 32.2. The molecule has 0 heterocycles. The van der Waals surface area contributed by atoms with Crippen molar-refractivity contribution < 1.29 is 27.5 Å². The number of alkyl carbamates (subject to hydrolysis) is 1. The van der Waals surface area contributed by atoms with Crippen molar-refractivity contribution in [3.63, 3.8) is 0 Å². The van der Waals surface area contributed by atoms with Crippen LogP contribution in [0.3, 0.4) is 0 Å². The fraction of sp³-hybridized carbons (Fsp3) is 0.424. The topological polar surface area (TPSA) is 174 Å². The Morgan fingerprint density at radius 3 is 2.27 bits per heavy atom. The van der Waals surface area contributed by atoms with Gasteiger partial charge in [-0.15, -0.1) is 0 Å². The molecule has 0 radical (unpaired) electrons. The van der Waals surface area contributed by atoms with Crippen molar-refractivity contribution in [3.05, 3.63) is 84.0 Å². The Labute approximate surface area is 266 Å². The number of nitrogens with two attached hydrogens (primary N) is 2. The van der Waals surface area contributed by atoms with E-state index in [9.17, 15) is 22.8 Å². The number of nitrogens with one attached hydrogen (secondary N) is 2. The van der Waals surface area contributed by atoms with Gasteiger partial charge in [-0.2, -0.15) is 4.31 Å². The number of carbonyl (C=O) groups excluding carboxylic acids is 3. The molecule has 1 aliphatic rings. The molecule has 2 aromatic carbocycles. The number of rotatable bonds is 16. The minimum atomic E-state index is -4.04. The smallest absolute Gasteiger partial charge is 0.407 e. The van der Waals surface area contributed by atoms with Crippen LogP contribution in [-0.2, 0) is 24.3 Å². The van der Waals surface area contributed by atoms with Gasteiger partial charge in [0.25, 0.3) is 0 Å². The highest BCUT2D eigenvalue weighted by Gasteiger charge is 2.36. The number of ether oxygens (including phenoxy) is 1. The summed E-state index contributed by atoms with van der Waals surface area (Å²) in [6, 6.07) is 13.3. The van der Waals surface area contributed by atoms with Gasteiger partial charge in [-0.3, -0.25) is 9.59 Å². The molecule has 0 saturated carbocycles. The molecule has 11 nitrogen and oxygen atoms in total. The first-order valence-electron chi connectivity index (χ1n) is 15.2. The number of anilines is 1. The lowest BCUT2D eigenvalue weighted by Gasteiger charge is -2.30. The van der Waals surface area contributed by atoms with Crippen LogP contribution < -0.4 is 22.1 Å². The van der Waals surface area contributed by atoms with Gasteiger partial charge < -0.3 is 26.8 Å². The fourth-order valence-electron chi connectivity index (χ4n) is 5.33. The molecule has 0 aromatic heterocycles. The molecule has 45 heavy (non-hydrogen) atoms. The Morgan fingerprint density at radius 1 is 1.00 bits per heavy atom. The van der Waals surface area contributed by atoms with Gasteiger partial charge in [-0.05, 0) is 73.4 Å². The number of hydrogen-bond donors (Lipinski definition) is 4. The summed E-state index contributed by atoms with van der Waals surface area (Å²) in [5.74, 6) is -1.67. The van der Waals surface area contributed by atoms with E-state index in [1.54, 1.807) is 0 Å². The molecule has 2 unspecified atom stereocenters. The van der Waals surface area contributed by atoms with Crippen molar-refractivity contribution in [2.24, 2.45) is 11.7 Å². The van der Waals surface area contributed by atoms with E-state index in [1.165, 1.54) is 31.4 Å². The van der Waals surface area contributed by atoms with Crippen LogP contribution in [-0.4, -0.2) is 62.9 Å². The molecule has 3 rings (SSSR count). The van der Waals surface area contributed by atoms with Crippen LogP contribution >= 0.6 is 0 Å². The maximum absolute atomic E-state index is 13.6. The predicted octanol–water partition coefficient (Wildman–Crippen LogP) is 3.84. The van der Waals surface area contributed by atoms with Crippen LogP contribution in [0.4, 0.5) is 10.5 Å². The quantitative estimate of drug-likeness (QED) is 0.159. The molecule has 1 aliphatic carbocycles. The second kappa shape index (κ2) is 16.8. The zero-order valence-electron chi connectivity index (χ0n) is 26.1. The lowest BCUT2D eigenvalue weighted by molar-refractivity contribution is -0.123. The minimum absolute atomic E-state index is 0.0240. The second-order valence-corrected chi connectivity index (χ2v) is 13.3. The molecule has 12 heteroatoms. The Kier molecular flexibility index (Phi) is 13.2. The molecule has 0 aliphatic heterocycles. The second-order valence-electron chi connectivity index (χ2n) is 11.4. The Bertz CT molecular complexity index is 1460. The standard InChI is InChI=1S/C33H45N5O6S/c1-23(2)22-38(45(42,43)27-19-17-26(34)18-20-27)28(31(35)39)16-10-11-21-36-32(40)30(37-33(41)44-3)29(24-12-6-4-7-13-24)25-14-8-5-9-15-25/h4,6-8,12-15,17-20,23,28-30H,5,9-11,16,21-22,34H2,1-3H3,(H2,35,39)(H,36,40)(H,37,41)/t28?,29?,30-/m0/s1. The van der Waals surface area contributed by atoms with E-state index < -0.39 is 45.9 Å². The van der Waals surface area contributed by atoms with E-state index in [1.807, 2.05) is 56.3 Å². The van der Waals surface area contributed by atoms with Crippen molar-refractivity contribution in [3.8, 4) is 0 Å². The first-order chi connectivity index (χ1) is 21.4. The number of methoxy groups -OCH3 is 1. The van der Waals surface area contributed by atoms with Gasteiger partial charge in [0, 0.05) is 24.7 Å². The number of allylic oxidation sites excluding steroid dienone is 3. The Morgan fingerprint density at radius 2 is 1.69 bits per heavy atom. The van der Waals surface area contributed by atoms with Gasteiger partial charge in [0.15, 0.2) is 0 Å². The SMILES string of the molecule is COC(=O)N[C@H](C(=O)NCCCCC(C(N)=O)N(CC(C)C)S(=O)(=O)c1ccc(N)cc1)C(C1=CCCC=C1)c1ccccc1. The summed E-state index contributed by atoms with van der Waals surface area (Å²) < 4.78 is 33.1. The van der Waals surface area contributed by atoms with E-state index in [4.69, 9.17) is 16.2 Å². The van der Waals surface area contributed by atoms with Crippen LogP contribution in [0.5, 0.6) is 0 Å². The number of carbonyl (C=O) groups is 3. The molecule has 0 bridgehead atoms. The molecule has 0 spiro atoms. The number of hydrogen-bond acceptors (Lipinski definition) is 7. The summed E-state index contributed by atoms with van der Waals surface area (Å²) in [5.41, 5.74) is 13.7. The van der Waals surface area contributed by atoms with Crippen molar-refractivity contribution in [2.45, 2.75) is 68.8 Å². The Hall–Kier alpha value is -4.16. The average Bonchev–Trinajstić information content (AvgIpc) is 3.02. The zero-order chi connectivity index (χ0) is 33.0. The van der Waals surface area contributed by atoms with Gasteiger partial charge in [0.1, 0.15) is 12.1 Å². The number of unbranched alkanes of at least 4 members (excludes halogenated alkanes) is 1. The monoisotopic (exact) mass is 639 g/mol. The minimum Gasteiger partial charge on any atom is -0.453 e. The molecule has 3 atom stereocenters. The van der Waals surface area contributed by atoms with Crippen LogP contribution in [0.25, 0.3) is 0 Å². The summed E-state index contributed by atoms with van der Waals surface area (Å²) in [6.45, 7) is 4.05. The number of sulfonamides is 1. The third-order valence-corrected chi connectivity index (χ3v) is 9.42. The van der Waals surface area contributed by atoms with Crippen LogP contribution in [0.1, 0.15) is 57.4 Å². The molecular weight excluding hydrogens is 594 g/mol. The summed E-state index contributed by atoms with van der Waals surface area (Å²) in [5, 5.41) is 5.62. The summed E-state index contributed by atoms with van der Waals surface area (Å²) in [7, 11) is -2.80. The third kappa shape index (κ3) is 9.92. The number of amides is 3. The number of primary amides is 1. The number of benzene rings is 2. The highest BCUT2D eigenvalue weighted by molar-refractivity contribution is 7.89. The first-order valence-corrected chi connectivity index (χ1v) is 16.6. The van der Waals surface area contributed by atoms with E-state index in [0.29, 0.717) is 18.5 Å². The van der Waals surface area contributed by atoms with Gasteiger partial charge in [0.2, 0.25) is 21.8 Å². The van der Waals surface area contributed by atoms with Crippen molar-refractivity contribution in [1.29, 1.82) is 0 Å². The fourth-order valence-corrected chi connectivity index (χ4v) is 7.12. The summed E-state index contributed by atoms with van der Waals surface area (Å²) in [4.78, 5) is 38.5. The zero-order valence-corrected chi connectivity index (χ0v) is 27.0. The third-order valence-electron chi connectivity index (χ3n) is 7.53. The summed E-state index contributed by atoms with van der Waals surface area (Å²) >= 11 is 0. The molecule has 0 fully saturated rings. The van der Waals surface area contributed by atoms with E-state index >= 15 is 0 Å². The molecule has 2 aromatic rings. The molecule has 0 saturated heterocycles. The first kappa shape index (κ1) is 35.3. The van der Waals surface area contributed by atoms with E-state index in [-0.39, 0.29) is 30.3 Å². The number of nitrogen functional groups attached to an aromatic ring is 1. The van der Waals surface area contributed by atoms with Gasteiger partial charge in [0.05, 0.1) is 12.0 Å². The number of nitrogens with zero attached hydrogens (tertiary/aromatic N) is 1. The molecule has 3 amide bonds. The predicted molar refractivity (Wildman–Crippen MR) is 174 cm³/mol. The Balaban J connectivity index is 1.72. The van der Waals surface area contributed by atoms with Gasteiger partial charge in [-0.25, -0.2) is 13.2 Å². The average molecular weight is 640 g/mol. The van der Waals surface area contributed by atoms with Crippen molar-refractivity contribution >= 4 is 33.6 Å². The summed E-state index contributed by atoms with van der Waals surface area (Å²) in [6.07, 6.45) is 8.10. The maximum Gasteiger partial charge on any atom is 0.407 e. The van der Waals surface area contributed by atoms with E-state index in [0.717, 1.165) is 28.3 Å². The molecule has 6 N–H and O–H groups in total. The van der Waals surface area contributed by atoms with Gasteiger partial charge in [-0.1, -0.05) is 62.4 Å². The maximum atomic E-state index is 13.6. The normalized spacial score (nSPS) is 15.2. The highest BCUT2D eigenvalue weighted by Crippen LogP contribution is 2.32. The van der Waals surface area contributed by atoms with Crippen LogP contribution in [0.2, 0.25) is 0 Å². The largest absolute Gasteiger partial charge is 0.453 e. The van der Waals surface area contributed by atoms with Crippen LogP contribution in [0.15, 0.2) is 83.3 Å². The van der Waals surface area contributed by atoms with Crippen molar-refractivity contribution in [2.75, 3.05) is 25.9 Å². The lowest BCUT2D eigenvalue weighted by Crippen LogP contribution is -2.51. The van der Waals surface area contributed by atoms with E-state index in [2.05, 4.69) is 16.7 Å². The van der Waals surface area contributed by atoms with Crippen molar-refractivity contribution in [1.82, 2.24) is 14.9 Å². The lowest BCUT2D eigenvalue weighted by atomic mass is 9.82. The van der Waals surface area contributed by atoms with Crippen LogP contribution in [0, 0.1) is 5.92 Å². The molecule has 244 valence electrons. The molecular formula is C33H45N5O6S. The van der Waals surface area contributed by atoms with Gasteiger partial charge >= 0.3 is 6.09 Å².